The van der Waals surface area contributed by atoms with Gasteiger partial charge in [-0.15, -0.1) is 11.8 Å². The van der Waals surface area contributed by atoms with Crippen LogP contribution in [-0.2, 0) is 19.1 Å². The third kappa shape index (κ3) is 4.61. The quantitative estimate of drug-likeness (QED) is 0.251. The lowest BCUT2D eigenvalue weighted by atomic mass is 9.71. The number of ether oxygens (including phenoxy) is 1. The number of halogens is 2. The second-order valence-electron chi connectivity index (χ2n) is 9.08. The van der Waals surface area contributed by atoms with Crippen molar-refractivity contribution < 1.29 is 24.2 Å². The Hall–Kier alpha value is -1.29. The number of carbonyl (C=O) groups is 3. The molecule has 3 aliphatic rings. The minimum absolute atomic E-state index is 0.0197. The van der Waals surface area contributed by atoms with E-state index in [1.165, 1.54) is 0 Å². The summed E-state index contributed by atoms with van der Waals surface area (Å²) in [5, 5.41) is 12.5. The molecule has 1 spiro atoms. The lowest BCUT2D eigenvalue weighted by Gasteiger charge is -2.35. The van der Waals surface area contributed by atoms with Crippen LogP contribution in [0.3, 0.4) is 0 Å². The molecule has 6 atom stereocenters. The zero-order chi connectivity index (χ0) is 24.5. The Kier molecular flexibility index (Phi) is 8.17. The Morgan fingerprint density at radius 1 is 1.26 bits per heavy atom. The SMILES string of the molecule is CCOC(=O)[C@H]1[C@@H]2SC3(CC2Br)C(C(=O)Nc2ccc(Cl)cc2)N(CCCCCCO)C(=O)[C@H]13. The van der Waals surface area contributed by atoms with Crippen LogP contribution >= 0.6 is 39.3 Å². The number of thioether (sulfide) groups is 1. The van der Waals surface area contributed by atoms with Gasteiger partial charge in [0, 0.05) is 33.9 Å². The third-order valence-electron chi connectivity index (χ3n) is 7.02. The van der Waals surface area contributed by atoms with Crippen LogP contribution in [0.5, 0.6) is 0 Å². The average molecular weight is 574 g/mol. The van der Waals surface area contributed by atoms with E-state index in [4.69, 9.17) is 21.4 Å². The first-order valence-corrected chi connectivity index (χ1v) is 14.0. The van der Waals surface area contributed by atoms with Gasteiger partial charge in [-0.1, -0.05) is 40.4 Å². The molecule has 34 heavy (non-hydrogen) atoms. The predicted octanol–water partition coefficient (Wildman–Crippen LogP) is 3.86. The van der Waals surface area contributed by atoms with Gasteiger partial charge in [-0.3, -0.25) is 14.4 Å². The number of alkyl halides is 1. The number of carbonyl (C=O) groups excluding carboxylic acids is 3. The molecular formula is C24H30BrClN2O5S. The lowest BCUT2D eigenvalue weighted by molar-refractivity contribution is -0.153. The first kappa shape index (κ1) is 25.8. The van der Waals surface area contributed by atoms with Crippen molar-refractivity contribution in [1.29, 1.82) is 0 Å². The summed E-state index contributed by atoms with van der Waals surface area (Å²) in [5.41, 5.74) is 0.611. The van der Waals surface area contributed by atoms with E-state index >= 15 is 0 Å². The molecule has 1 aromatic carbocycles. The van der Waals surface area contributed by atoms with E-state index in [0.29, 0.717) is 30.1 Å². The normalized spacial score (nSPS) is 31.6. The minimum Gasteiger partial charge on any atom is -0.466 e. The summed E-state index contributed by atoms with van der Waals surface area (Å²) in [6.07, 6.45) is 3.80. The number of unbranched alkanes of at least 4 members (excludes halogenated alkanes) is 3. The molecule has 0 radical (unpaired) electrons. The van der Waals surface area contributed by atoms with E-state index in [1.54, 1.807) is 47.9 Å². The maximum atomic E-state index is 13.8. The maximum absolute atomic E-state index is 13.8. The number of fused-ring (bicyclic) bond motifs is 1. The number of benzene rings is 1. The zero-order valence-corrected chi connectivity index (χ0v) is 22.2. The van der Waals surface area contributed by atoms with Gasteiger partial charge in [0.25, 0.3) is 0 Å². The number of hydrogen-bond donors (Lipinski definition) is 2. The van der Waals surface area contributed by atoms with E-state index in [0.717, 1.165) is 19.3 Å². The fourth-order valence-corrected chi connectivity index (χ4v) is 9.40. The number of esters is 1. The highest BCUT2D eigenvalue weighted by atomic mass is 79.9. The van der Waals surface area contributed by atoms with E-state index in [1.807, 2.05) is 0 Å². The molecule has 0 aliphatic carbocycles. The van der Waals surface area contributed by atoms with Crippen molar-refractivity contribution in [2.45, 2.75) is 59.9 Å². The second-order valence-corrected chi connectivity index (χ2v) is 12.2. The summed E-state index contributed by atoms with van der Waals surface area (Å²) in [4.78, 5) is 42.1. The summed E-state index contributed by atoms with van der Waals surface area (Å²) in [6.45, 7) is 2.60. The number of anilines is 1. The van der Waals surface area contributed by atoms with Gasteiger partial charge in [0.05, 0.1) is 23.2 Å². The van der Waals surface area contributed by atoms with Crippen LogP contribution in [0, 0.1) is 11.8 Å². The van der Waals surface area contributed by atoms with Gasteiger partial charge >= 0.3 is 5.97 Å². The van der Waals surface area contributed by atoms with Gasteiger partial charge in [0.1, 0.15) is 6.04 Å². The number of likely N-dealkylation sites (tertiary alicyclic amines) is 1. The van der Waals surface area contributed by atoms with Gasteiger partial charge in [0.2, 0.25) is 11.8 Å². The first-order valence-electron chi connectivity index (χ1n) is 11.8. The van der Waals surface area contributed by atoms with E-state index in [-0.39, 0.29) is 41.1 Å². The Morgan fingerprint density at radius 2 is 1.97 bits per heavy atom. The monoisotopic (exact) mass is 572 g/mol. The number of nitrogens with zero attached hydrogens (tertiary/aromatic N) is 1. The number of hydrogen-bond acceptors (Lipinski definition) is 6. The molecule has 0 aromatic heterocycles. The van der Waals surface area contributed by atoms with Gasteiger partial charge in [-0.2, -0.15) is 0 Å². The minimum atomic E-state index is -0.687. The molecule has 4 rings (SSSR count). The van der Waals surface area contributed by atoms with Crippen molar-refractivity contribution in [3.63, 3.8) is 0 Å². The zero-order valence-electron chi connectivity index (χ0n) is 19.0. The van der Waals surface area contributed by atoms with E-state index in [2.05, 4.69) is 21.2 Å². The number of nitrogens with one attached hydrogen (secondary N) is 1. The second kappa shape index (κ2) is 10.8. The summed E-state index contributed by atoms with van der Waals surface area (Å²) in [6, 6.07) is 6.20. The van der Waals surface area contributed by atoms with Crippen molar-refractivity contribution >= 4 is 62.8 Å². The maximum Gasteiger partial charge on any atom is 0.310 e. The molecule has 2 amide bonds. The van der Waals surface area contributed by atoms with Crippen LogP contribution in [0.2, 0.25) is 5.02 Å². The lowest BCUT2D eigenvalue weighted by Crippen LogP contribution is -2.52. The molecule has 3 saturated heterocycles. The molecule has 3 heterocycles. The summed E-state index contributed by atoms with van der Waals surface area (Å²) in [7, 11) is 0. The van der Waals surface area contributed by atoms with E-state index in [9.17, 15) is 14.4 Å². The fraction of sp³-hybridized carbons (Fsp3) is 0.625. The van der Waals surface area contributed by atoms with Crippen LogP contribution in [-0.4, -0.2) is 68.4 Å². The highest BCUT2D eigenvalue weighted by molar-refractivity contribution is 9.09. The Morgan fingerprint density at radius 3 is 2.65 bits per heavy atom. The fourth-order valence-electron chi connectivity index (χ4n) is 5.67. The molecule has 3 aliphatic heterocycles. The van der Waals surface area contributed by atoms with Crippen molar-refractivity contribution in [1.82, 2.24) is 4.90 Å². The molecule has 3 unspecified atom stereocenters. The van der Waals surface area contributed by atoms with Crippen molar-refractivity contribution in [3.05, 3.63) is 29.3 Å². The largest absolute Gasteiger partial charge is 0.466 e. The van der Waals surface area contributed by atoms with Gasteiger partial charge in [0.15, 0.2) is 0 Å². The molecule has 2 bridgehead atoms. The molecule has 7 nitrogen and oxygen atoms in total. The highest BCUT2D eigenvalue weighted by Gasteiger charge is 2.75. The molecule has 10 heteroatoms. The van der Waals surface area contributed by atoms with Gasteiger partial charge in [-0.05, 0) is 50.5 Å². The summed E-state index contributed by atoms with van der Waals surface area (Å²) >= 11 is 11.3. The molecule has 1 aromatic rings. The topological polar surface area (TPSA) is 95.9 Å². The molecular weight excluding hydrogens is 544 g/mol. The van der Waals surface area contributed by atoms with Crippen molar-refractivity contribution in [2.24, 2.45) is 11.8 Å². The molecule has 3 fully saturated rings. The Balaban J connectivity index is 1.63. The average Bonchev–Trinajstić information content (AvgIpc) is 3.39. The Labute approximate surface area is 217 Å². The number of amides is 2. The standard InChI is InChI=1S/C24H30BrClN2O5S/c1-2-33-23(32)17-18-22(31)28(11-5-3-4-6-12-29)20(24(18)13-16(25)19(17)34-24)21(30)27-15-9-7-14(26)8-10-15/h7-10,16-20,29H,2-6,11-13H2,1H3,(H,27,30)/t16?,17-,18+,19-,20?,24?/m1/s1. The van der Waals surface area contributed by atoms with Crippen LogP contribution in [0.25, 0.3) is 0 Å². The smallest absolute Gasteiger partial charge is 0.310 e. The Bertz CT molecular complexity index is 934. The van der Waals surface area contributed by atoms with Crippen LogP contribution < -0.4 is 5.32 Å². The van der Waals surface area contributed by atoms with Crippen molar-refractivity contribution in [2.75, 3.05) is 25.1 Å². The van der Waals surface area contributed by atoms with Crippen LogP contribution in [0.4, 0.5) is 5.69 Å². The van der Waals surface area contributed by atoms with Gasteiger partial charge in [-0.25, -0.2) is 0 Å². The first-order chi connectivity index (χ1) is 16.3. The molecule has 2 N–H and O–H groups in total. The van der Waals surface area contributed by atoms with Gasteiger partial charge < -0.3 is 20.1 Å². The van der Waals surface area contributed by atoms with Crippen molar-refractivity contribution in [3.8, 4) is 0 Å². The third-order valence-corrected chi connectivity index (χ3v) is 10.5. The van der Waals surface area contributed by atoms with Crippen LogP contribution in [0.15, 0.2) is 24.3 Å². The highest BCUT2D eigenvalue weighted by Crippen LogP contribution is 2.67. The van der Waals surface area contributed by atoms with Crippen LogP contribution in [0.1, 0.15) is 39.0 Å². The number of aliphatic hydroxyl groups is 1. The number of rotatable bonds is 10. The molecule has 0 saturated carbocycles. The van der Waals surface area contributed by atoms with E-state index < -0.39 is 22.6 Å². The molecule has 186 valence electrons. The summed E-state index contributed by atoms with van der Waals surface area (Å²) < 4.78 is 4.68. The number of aliphatic hydroxyl groups excluding tert-OH is 1. The predicted molar refractivity (Wildman–Crippen MR) is 136 cm³/mol. The summed E-state index contributed by atoms with van der Waals surface area (Å²) in [5.74, 6) is -1.88.